The van der Waals surface area contributed by atoms with Gasteiger partial charge in [-0.1, -0.05) is 19.9 Å². The molecule has 0 saturated carbocycles. The van der Waals surface area contributed by atoms with Gasteiger partial charge in [-0.3, -0.25) is 0 Å². The third-order valence-corrected chi connectivity index (χ3v) is 1.32. The number of nitrogens with one attached hydrogen (secondary N) is 1. The Balaban J connectivity index is 3.69. The molecule has 0 aliphatic heterocycles. The molecule has 2 heteroatoms. The van der Waals surface area contributed by atoms with Crippen molar-refractivity contribution in [1.82, 2.24) is 5.32 Å². The van der Waals surface area contributed by atoms with Crippen molar-refractivity contribution in [2.24, 2.45) is 0 Å². The number of likely N-dealkylation sites (N-methyl/N-ethyl adjacent to an activating group) is 1. The van der Waals surface area contributed by atoms with E-state index in [-0.39, 0.29) is 11.9 Å². The predicted octanol–water partition coefficient (Wildman–Crippen LogP) is 2.25. The van der Waals surface area contributed by atoms with E-state index in [0.717, 1.165) is 13.0 Å². The molecule has 0 aliphatic rings. The van der Waals surface area contributed by atoms with E-state index < -0.39 is 0 Å². The summed E-state index contributed by atoms with van der Waals surface area (Å²) in [5.41, 5.74) is 0. The first-order valence-electron chi connectivity index (χ1n) is 3.81. The van der Waals surface area contributed by atoms with E-state index in [1.165, 1.54) is 0 Å². The highest BCUT2D eigenvalue weighted by atomic mass is 19.1. The van der Waals surface area contributed by atoms with Crippen molar-refractivity contribution >= 4 is 0 Å². The lowest BCUT2D eigenvalue weighted by Gasteiger charge is -2.08. The molecular weight excluding hydrogens is 129 g/mol. The molecule has 0 spiro atoms. The Kier molecular flexibility index (Phi) is 5.22. The standard InChI is InChI=1S/C8H16FN/c1-4-6-8(9)7(3)10-5-2/h6-7,10H,4-5H2,1-3H3/b8-6+/t7-/m0/s1. The van der Waals surface area contributed by atoms with E-state index in [1.807, 2.05) is 20.8 Å². The molecule has 1 N–H and O–H groups in total. The van der Waals surface area contributed by atoms with Crippen LogP contribution in [0, 0.1) is 0 Å². The number of allylic oxidation sites excluding steroid dienone is 1. The zero-order chi connectivity index (χ0) is 7.98. The van der Waals surface area contributed by atoms with Crippen LogP contribution in [0.25, 0.3) is 0 Å². The molecular formula is C8H16FN. The molecule has 60 valence electrons. The van der Waals surface area contributed by atoms with Crippen LogP contribution >= 0.6 is 0 Å². The van der Waals surface area contributed by atoms with E-state index in [2.05, 4.69) is 5.32 Å². The number of hydrogen-bond acceptors (Lipinski definition) is 1. The van der Waals surface area contributed by atoms with Crippen molar-refractivity contribution in [1.29, 1.82) is 0 Å². The lowest BCUT2D eigenvalue weighted by molar-refractivity contribution is 0.493. The monoisotopic (exact) mass is 145 g/mol. The smallest absolute Gasteiger partial charge is 0.113 e. The highest BCUT2D eigenvalue weighted by Crippen LogP contribution is 2.03. The van der Waals surface area contributed by atoms with Gasteiger partial charge < -0.3 is 5.32 Å². The van der Waals surface area contributed by atoms with Crippen molar-refractivity contribution in [3.05, 3.63) is 11.9 Å². The quantitative estimate of drug-likeness (QED) is 0.639. The van der Waals surface area contributed by atoms with Crippen LogP contribution < -0.4 is 5.32 Å². The van der Waals surface area contributed by atoms with Crippen molar-refractivity contribution in [2.75, 3.05) is 6.54 Å². The number of halogens is 1. The summed E-state index contributed by atoms with van der Waals surface area (Å²) in [7, 11) is 0. The van der Waals surface area contributed by atoms with Gasteiger partial charge in [0.1, 0.15) is 5.83 Å². The van der Waals surface area contributed by atoms with Crippen LogP contribution in [0.1, 0.15) is 27.2 Å². The van der Waals surface area contributed by atoms with Gasteiger partial charge in [0.2, 0.25) is 0 Å². The highest BCUT2D eigenvalue weighted by Gasteiger charge is 2.03. The minimum absolute atomic E-state index is 0.0515. The Labute approximate surface area is 62.3 Å². The van der Waals surface area contributed by atoms with E-state index in [9.17, 15) is 4.39 Å². The van der Waals surface area contributed by atoms with Crippen molar-refractivity contribution in [2.45, 2.75) is 33.2 Å². The molecule has 0 aromatic rings. The van der Waals surface area contributed by atoms with Gasteiger partial charge in [-0.2, -0.15) is 0 Å². The molecule has 0 heterocycles. The summed E-state index contributed by atoms with van der Waals surface area (Å²) in [5, 5.41) is 2.99. The van der Waals surface area contributed by atoms with Crippen LogP contribution in [-0.4, -0.2) is 12.6 Å². The molecule has 0 rings (SSSR count). The summed E-state index contributed by atoms with van der Waals surface area (Å²) in [6.45, 7) is 6.53. The fraction of sp³-hybridized carbons (Fsp3) is 0.750. The minimum atomic E-state index is -0.120. The van der Waals surface area contributed by atoms with E-state index in [1.54, 1.807) is 6.08 Å². The SMILES string of the molecule is CC/C=C(/F)[C@H](C)NCC. The van der Waals surface area contributed by atoms with E-state index in [0.29, 0.717) is 0 Å². The Hall–Kier alpha value is -0.370. The van der Waals surface area contributed by atoms with Crippen LogP contribution in [0.15, 0.2) is 11.9 Å². The average Bonchev–Trinajstić information content (AvgIpc) is 1.89. The van der Waals surface area contributed by atoms with Gasteiger partial charge in [0.25, 0.3) is 0 Å². The normalized spacial score (nSPS) is 15.4. The fourth-order valence-electron chi connectivity index (χ4n) is 0.775. The van der Waals surface area contributed by atoms with Crippen molar-refractivity contribution in [3.63, 3.8) is 0 Å². The number of rotatable bonds is 4. The summed E-state index contributed by atoms with van der Waals surface area (Å²) in [4.78, 5) is 0. The molecule has 0 amide bonds. The second-order valence-corrected chi connectivity index (χ2v) is 2.28. The fourth-order valence-corrected chi connectivity index (χ4v) is 0.775. The third-order valence-electron chi connectivity index (χ3n) is 1.32. The maximum Gasteiger partial charge on any atom is 0.113 e. The van der Waals surface area contributed by atoms with Gasteiger partial charge in [-0.25, -0.2) is 4.39 Å². The minimum Gasteiger partial charge on any atom is -0.309 e. The molecule has 0 aliphatic carbocycles. The molecule has 0 saturated heterocycles. The van der Waals surface area contributed by atoms with Gasteiger partial charge in [0.15, 0.2) is 0 Å². The Morgan fingerprint density at radius 2 is 2.20 bits per heavy atom. The van der Waals surface area contributed by atoms with Crippen molar-refractivity contribution in [3.8, 4) is 0 Å². The predicted molar refractivity (Wildman–Crippen MR) is 42.6 cm³/mol. The van der Waals surface area contributed by atoms with Gasteiger partial charge in [-0.15, -0.1) is 0 Å². The zero-order valence-electron chi connectivity index (χ0n) is 6.95. The molecule has 10 heavy (non-hydrogen) atoms. The summed E-state index contributed by atoms with van der Waals surface area (Å²) in [6, 6.07) is -0.120. The Morgan fingerprint density at radius 3 is 2.60 bits per heavy atom. The molecule has 1 atom stereocenters. The third kappa shape index (κ3) is 3.62. The Bertz CT molecular complexity index is 110. The molecule has 0 unspecified atom stereocenters. The van der Waals surface area contributed by atoms with Gasteiger partial charge in [0.05, 0.1) is 6.04 Å². The summed E-state index contributed by atoms with van der Waals surface area (Å²) in [6.07, 6.45) is 2.37. The van der Waals surface area contributed by atoms with E-state index >= 15 is 0 Å². The molecule has 0 aromatic heterocycles. The summed E-state index contributed by atoms with van der Waals surface area (Å²) < 4.78 is 12.8. The maximum atomic E-state index is 12.8. The largest absolute Gasteiger partial charge is 0.309 e. The molecule has 0 aromatic carbocycles. The highest BCUT2D eigenvalue weighted by molar-refractivity contribution is 4.99. The van der Waals surface area contributed by atoms with Crippen LogP contribution in [0.2, 0.25) is 0 Å². The zero-order valence-corrected chi connectivity index (χ0v) is 6.95. The number of hydrogen-bond donors (Lipinski definition) is 1. The van der Waals surface area contributed by atoms with Crippen LogP contribution in [0.5, 0.6) is 0 Å². The summed E-state index contributed by atoms with van der Waals surface area (Å²) in [5.74, 6) is -0.0515. The first-order chi connectivity index (χ1) is 4.72. The van der Waals surface area contributed by atoms with Gasteiger partial charge in [-0.05, 0) is 19.9 Å². The lowest BCUT2D eigenvalue weighted by atomic mass is 10.2. The average molecular weight is 145 g/mol. The van der Waals surface area contributed by atoms with Gasteiger partial charge >= 0.3 is 0 Å². The van der Waals surface area contributed by atoms with E-state index in [4.69, 9.17) is 0 Å². The first-order valence-corrected chi connectivity index (χ1v) is 3.81. The lowest BCUT2D eigenvalue weighted by Crippen LogP contribution is -2.25. The topological polar surface area (TPSA) is 12.0 Å². The van der Waals surface area contributed by atoms with Crippen LogP contribution in [-0.2, 0) is 0 Å². The van der Waals surface area contributed by atoms with Crippen LogP contribution in [0.3, 0.4) is 0 Å². The molecule has 0 radical (unpaired) electrons. The Morgan fingerprint density at radius 1 is 1.60 bits per heavy atom. The molecule has 1 nitrogen and oxygen atoms in total. The van der Waals surface area contributed by atoms with Crippen molar-refractivity contribution < 1.29 is 4.39 Å². The van der Waals surface area contributed by atoms with Gasteiger partial charge in [0, 0.05) is 0 Å². The molecule has 0 bridgehead atoms. The second-order valence-electron chi connectivity index (χ2n) is 2.28. The summed E-state index contributed by atoms with van der Waals surface area (Å²) >= 11 is 0. The maximum absolute atomic E-state index is 12.8. The first kappa shape index (κ1) is 9.63. The molecule has 0 fully saturated rings. The second kappa shape index (κ2) is 5.42. The van der Waals surface area contributed by atoms with Crippen LogP contribution in [0.4, 0.5) is 4.39 Å².